The van der Waals surface area contributed by atoms with E-state index in [1.165, 1.54) is 57.1 Å². The van der Waals surface area contributed by atoms with Crippen molar-refractivity contribution in [3.8, 4) is 11.4 Å². The summed E-state index contributed by atoms with van der Waals surface area (Å²) in [4.78, 5) is 0. The topological polar surface area (TPSA) is 56.1 Å². The molecule has 0 bridgehead atoms. The van der Waals surface area contributed by atoms with Gasteiger partial charge in [0.15, 0.2) is 0 Å². The van der Waals surface area contributed by atoms with Crippen LogP contribution in [0.3, 0.4) is 0 Å². The molecule has 0 fully saturated rings. The Morgan fingerprint density at radius 2 is 1.26 bits per heavy atom. The number of aliphatic hydroxyl groups excluding tert-OH is 1. The largest absolute Gasteiger partial charge is 0.397 e. The zero-order valence-corrected chi connectivity index (χ0v) is 27.0. The third-order valence-corrected chi connectivity index (χ3v) is 10.2. The first-order valence-corrected chi connectivity index (χ1v) is 16.3. The van der Waals surface area contributed by atoms with Crippen molar-refractivity contribution in [2.24, 2.45) is 0 Å². The average molecular weight is 574 g/mol. The summed E-state index contributed by atoms with van der Waals surface area (Å²) in [5.74, 6) is 0.454. The second-order valence-electron chi connectivity index (χ2n) is 15.3. The van der Waals surface area contributed by atoms with E-state index in [4.69, 9.17) is 5.73 Å². The van der Waals surface area contributed by atoms with Crippen LogP contribution in [0.4, 0.5) is 5.69 Å². The molecular formula is C39H47N3O. The molecule has 4 heteroatoms. The molecule has 7 rings (SSSR count). The SMILES string of the molecule is CC1CCCc2c1n(-c1cc(-n3c4c(c5cc(C(C)(C)C)ccc53)CCCC4O)ccc1N)c1ccc(C(C)(C)C)cc21. The van der Waals surface area contributed by atoms with Gasteiger partial charge in [0.1, 0.15) is 0 Å². The first-order valence-electron chi connectivity index (χ1n) is 16.3. The molecule has 43 heavy (non-hydrogen) atoms. The Kier molecular flexibility index (Phi) is 6.42. The monoisotopic (exact) mass is 573 g/mol. The molecule has 5 aromatic rings. The van der Waals surface area contributed by atoms with Crippen molar-refractivity contribution in [1.29, 1.82) is 0 Å². The molecule has 0 saturated carbocycles. The number of anilines is 1. The lowest BCUT2D eigenvalue weighted by Gasteiger charge is -2.25. The second-order valence-corrected chi connectivity index (χ2v) is 15.3. The molecule has 2 atom stereocenters. The van der Waals surface area contributed by atoms with Crippen molar-refractivity contribution in [2.75, 3.05) is 5.73 Å². The van der Waals surface area contributed by atoms with Crippen LogP contribution in [0.2, 0.25) is 0 Å². The van der Waals surface area contributed by atoms with Gasteiger partial charge in [-0.2, -0.15) is 0 Å². The van der Waals surface area contributed by atoms with Crippen LogP contribution >= 0.6 is 0 Å². The molecule has 0 radical (unpaired) electrons. The Balaban J connectivity index is 1.50. The Labute approximate surface area is 256 Å². The number of nitrogen functional groups attached to an aromatic ring is 1. The number of fused-ring (bicyclic) bond motifs is 6. The first-order chi connectivity index (χ1) is 20.3. The molecule has 224 valence electrons. The van der Waals surface area contributed by atoms with Crippen molar-refractivity contribution in [2.45, 2.75) is 110 Å². The maximum Gasteiger partial charge on any atom is 0.0946 e. The second kappa shape index (κ2) is 9.75. The zero-order chi connectivity index (χ0) is 30.4. The van der Waals surface area contributed by atoms with Gasteiger partial charge in [-0.3, -0.25) is 0 Å². The van der Waals surface area contributed by atoms with Crippen molar-refractivity contribution < 1.29 is 5.11 Å². The minimum atomic E-state index is -0.480. The number of hydrogen-bond acceptors (Lipinski definition) is 2. The van der Waals surface area contributed by atoms with Gasteiger partial charge in [-0.15, -0.1) is 0 Å². The fraction of sp³-hybridized carbons (Fsp3) is 0.436. The Bertz CT molecular complexity index is 1890. The highest BCUT2D eigenvalue weighted by atomic mass is 16.3. The van der Waals surface area contributed by atoms with Crippen LogP contribution in [0.5, 0.6) is 0 Å². The van der Waals surface area contributed by atoms with Gasteiger partial charge < -0.3 is 20.0 Å². The van der Waals surface area contributed by atoms with Gasteiger partial charge in [0.05, 0.1) is 34.2 Å². The maximum absolute atomic E-state index is 11.4. The van der Waals surface area contributed by atoms with Crippen molar-refractivity contribution in [3.05, 3.63) is 88.2 Å². The van der Waals surface area contributed by atoms with Gasteiger partial charge in [-0.1, -0.05) is 60.6 Å². The van der Waals surface area contributed by atoms with Crippen LogP contribution in [-0.4, -0.2) is 14.2 Å². The summed E-state index contributed by atoms with van der Waals surface area (Å²) in [5.41, 5.74) is 20.2. The van der Waals surface area contributed by atoms with E-state index in [-0.39, 0.29) is 10.8 Å². The van der Waals surface area contributed by atoms with E-state index >= 15 is 0 Å². The first kappa shape index (κ1) is 28.3. The molecule has 2 aliphatic carbocycles. The summed E-state index contributed by atoms with van der Waals surface area (Å²) >= 11 is 0. The van der Waals surface area contributed by atoms with Crippen LogP contribution < -0.4 is 5.73 Å². The van der Waals surface area contributed by atoms with Crippen molar-refractivity contribution >= 4 is 27.5 Å². The van der Waals surface area contributed by atoms with Crippen LogP contribution in [0.1, 0.15) is 120 Å². The number of benzene rings is 3. The van der Waals surface area contributed by atoms with Crippen LogP contribution in [0.25, 0.3) is 33.2 Å². The van der Waals surface area contributed by atoms with E-state index in [1.807, 2.05) is 0 Å². The summed E-state index contributed by atoms with van der Waals surface area (Å²) in [6.45, 7) is 16.1. The van der Waals surface area contributed by atoms with Crippen LogP contribution in [-0.2, 0) is 23.7 Å². The van der Waals surface area contributed by atoms with Crippen LogP contribution in [0, 0.1) is 0 Å². The average Bonchev–Trinajstić information content (AvgIpc) is 3.47. The highest BCUT2D eigenvalue weighted by Gasteiger charge is 2.30. The van der Waals surface area contributed by atoms with Gasteiger partial charge in [0.25, 0.3) is 0 Å². The molecule has 0 amide bonds. The predicted octanol–water partition coefficient (Wildman–Crippen LogP) is 9.56. The number of aromatic nitrogens is 2. The molecule has 3 aromatic carbocycles. The molecule has 2 aliphatic rings. The third-order valence-electron chi connectivity index (χ3n) is 10.2. The molecule has 0 spiro atoms. The van der Waals surface area contributed by atoms with E-state index in [9.17, 15) is 5.11 Å². The number of aliphatic hydroxyl groups is 1. The Morgan fingerprint density at radius 1 is 0.698 bits per heavy atom. The number of aryl methyl sites for hydroxylation is 2. The minimum absolute atomic E-state index is 0.0585. The minimum Gasteiger partial charge on any atom is -0.397 e. The Morgan fingerprint density at radius 3 is 1.86 bits per heavy atom. The summed E-state index contributed by atoms with van der Waals surface area (Å²) in [6.07, 6.45) is 5.83. The van der Waals surface area contributed by atoms with Gasteiger partial charge in [0.2, 0.25) is 0 Å². The Hall–Kier alpha value is -3.50. The molecule has 2 unspecified atom stereocenters. The lowest BCUT2D eigenvalue weighted by Crippen LogP contribution is -2.14. The van der Waals surface area contributed by atoms with Gasteiger partial charge in [-0.05, 0) is 120 Å². The van der Waals surface area contributed by atoms with Gasteiger partial charge in [0, 0.05) is 22.2 Å². The van der Waals surface area contributed by atoms with E-state index < -0.39 is 6.10 Å². The molecule has 3 N–H and O–H groups in total. The third kappa shape index (κ3) is 4.44. The summed E-state index contributed by atoms with van der Waals surface area (Å²) < 4.78 is 4.79. The summed E-state index contributed by atoms with van der Waals surface area (Å²) in [5, 5.41) is 14.1. The zero-order valence-electron chi connectivity index (χ0n) is 27.0. The standard InChI is InChI=1S/C39H47N3O/c1-23-10-8-11-27-29-20-25(39(5,6)7)15-19-33(29)42(36(23)27)34-22-26(16-17-31(34)40)41-32-18-14-24(38(2,3)4)21-30(32)28-12-9-13-35(43)37(28)41/h14-23,35,43H,8-13,40H2,1-7H3. The predicted molar refractivity (Wildman–Crippen MR) is 181 cm³/mol. The quantitative estimate of drug-likeness (QED) is 0.207. The van der Waals surface area contributed by atoms with E-state index in [1.54, 1.807) is 0 Å². The lowest BCUT2D eigenvalue weighted by molar-refractivity contribution is 0.150. The fourth-order valence-electron chi connectivity index (χ4n) is 7.81. The number of nitrogens with zero attached hydrogens (tertiary/aromatic N) is 2. The normalized spacial score (nSPS) is 19.2. The fourth-order valence-corrected chi connectivity index (χ4v) is 7.81. The smallest absolute Gasteiger partial charge is 0.0946 e. The highest BCUT2D eigenvalue weighted by molar-refractivity contribution is 5.91. The number of hydrogen-bond donors (Lipinski definition) is 2. The molecule has 2 heterocycles. The highest BCUT2D eigenvalue weighted by Crippen LogP contribution is 2.44. The van der Waals surface area contributed by atoms with E-state index in [0.717, 1.165) is 54.0 Å². The van der Waals surface area contributed by atoms with E-state index in [0.29, 0.717) is 5.92 Å². The molecular weight excluding hydrogens is 526 g/mol. The molecule has 4 nitrogen and oxygen atoms in total. The van der Waals surface area contributed by atoms with Crippen molar-refractivity contribution in [3.63, 3.8) is 0 Å². The maximum atomic E-state index is 11.4. The van der Waals surface area contributed by atoms with Gasteiger partial charge >= 0.3 is 0 Å². The number of rotatable bonds is 2. The van der Waals surface area contributed by atoms with Crippen LogP contribution in [0.15, 0.2) is 54.6 Å². The molecule has 0 saturated heterocycles. The summed E-state index contributed by atoms with van der Waals surface area (Å²) in [6, 6.07) is 20.4. The lowest BCUT2D eigenvalue weighted by atomic mass is 9.84. The van der Waals surface area contributed by atoms with Crippen molar-refractivity contribution in [1.82, 2.24) is 9.13 Å². The number of nitrogens with two attached hydrogens (primary N) is 1. The molecule has 2 aromatic heterocycles. The summed E-state index contributed by atoms with van der Waals surface area (Å²) in [7, 11) is 0. The molecule has 0 aliphatic heterocycles. The van der Waals surface area contributed by atoms with Gasteiger partial charge in [-0.25, -0.2) is 0 Å². The van der Waals surface area contributed by atoms with E-state index in [2.05, 4.69) is 112 Å².